The van der Waals surface area contributed by atoms with Gasteiger partial charge in [-0.25, -0.2) is 5.43 Å². The predicted molar refractivity (Wildman–Crippen MR) is 112 cm³/mol. The summed E-state index contributed by atoms with van der Waals surface area (Å²) in [6, 6.07) is 14.8. The summed E-state index contributed by atoms with van der Waals surface area (Å²) in [7, 11) is 6.13. The average molecular weight is 394 g/mol. The Morgan fingerprint density at radius 1 is 0.828 bits per heavy atom. The Hall–Kier alpha value is -3.74. The molecule has 0 saturated heterocycles. The molecule has 7 heteroatoms. The van der Waals surface area contributed by atoms with E-state index < -0.39 is 5.91 Å². The molecule has 0 heterocycles. The first-order chi connectivity index (χ1) is 14.1. The van der Waals surface area contributed by atoms with Gasteiger partial charge in [0.15, 0.2) is 11.5 Å². The highest BCUT2D eigenvalue weighted by atomic mass is 16.5. The van der Waals surface area contributed by atoms with Crippen LogP contribution in [0.15, 0.2) is 53.6 Å². The summed E-state index contributed by atoms with van der Waals surface area (Å²) < 4.78 is 21.0. The maximum atomic E-state index is 12.5. The number of benzene rings is 3. The number of hydrazone groups is 1. The lowest BCUT2D eigenvalue weighted by Gasteiger charge is -2.13. The van der Waals surface area contributed by atoms with Gasteiger partial charge in [-0.1, -0.05) is 18.2 Å². The SMILES string of the molecule is COc1ccc2cc(/C=N\NC(=O)c3cc(OC)c(OC)c(OC)c3)ccc2c1. The molecule has 0 bridgehead atoms. The first kappa shape index (κ1) is 20.0. The zero-order chi connectivity index (χ0) is 20.8. The van der Waals surface area contributed by atoms with E-state index in [4.69, 9.17) is 18.9 Å². The molecule has 150 valence electrons. The van der Waals surface area contributed by atoms with Crippen LogP contribution in [0.4, 0.5) is 0 Å². The summed E-state index contributed by atoms with van der Waals surface area (Å²) in [6.45, 7) is 0. The quantitative estimate of drug-likeness (QED) is 0.489. The molecule has 3 aromatic carbocycles. The summed E-state index contributed by atoms with van der Waals surface area (Å²) in [6.07, 6.45) is 1.58. The van der Waals surface area contributed by atoms with Crippen molar-refractivity contribution in [1.29, 1.82) is 0 Å². The van der Waals surface area contributed by atoms with Gasteiger partial charge in [0.25, 0.3) is 5.91 Å². The molecule has 7 nitrogen and oxygen atoms in total. The van der Waals surface area contributed by atoms with E-state index in [9.17, 15) is 4.79 Å². The van der Waals surface area contributed by atoms with E-state index in [0.717, 1.165) is 22.1 Å². The Labute approximate surface area is 168 Å². The molecule has 0 aliphatic carbocycles. The van der Waals surface area contributed by atoms with Crippen LogP contribution in [0, 0.1) is 0 Å². The van der Waals surface area contributed by atoms with Crippen LogP contribution in [0.2, 0.25) is 0 Å². The molecule has 0 fully saturated rings. The number of carbonyl (C=O) groups is 1. The highest BCUT2D eigenvalue weighted by Gasteiger charge is 2.16. The molecule has 1 amide bonds. The Kier molecular flexibility index (Phi) is 6.19. The van der Waals surface area contributed by atoms with Crippen LogP contribution < -0.4 is 24.4 Å². The van der Waals surface area contributed by atoms with Crippen LogP contribution in [0.5, 0.6) is 23.0 Å². The molecule has 0 aromatic heterocycles. The van der Waals surface area contributed by atoms with Crippen molar-refractivity contribution >= 4 is 22.9 Å². The fraction of sp³-hybridized carbons (Fsp3) is 0.182. The summed E-state index contributed by atoms with van der Waals surface area (Å²) in [5.41, 5.74) is 3.70. The molecular weight excluding hydrogens is 372 g/mol. The van der Waals surface area contributed by atoms with Crippen molar-refractivity contribution in [2.45, 2.75) is 0 Å². The molecule has 1 N–H and O–H groups in total. The van der Waals surface area contributed by atoms with Gasteiger partial charge < -0.3 is 18.9 Å². The number of ether oxygens (including phenoxy) is 4. The van der Waals surface area contributed by atoms with E-state index in [1.165, 1.54) is 21.3 Å². The molecule has 0 aliphatic rings. The molecule has 0 spiro atoms. The molecule has 0 saturated carbocycles. The van der Waals surface area contributed by atoms with Gasteiger partial charge in [0.1, 0.15) is 5.75 Å². The first-order valence-corrected chi connectivity index (χ1v) is 8.80. The van der Waals surface area contributed by atoms with Gasteiger partial charge in [0, 0.05) is 5.56 Å². The van der Waals surface area contributed by atoms with Gasteiger partial charge in [0.05, 0.1) is 34.7 Å². The molecule has 0 unspecified atom stereocenters. The van der Waals surface area contributed by atoms with Crippen LogP contribution in [-0.4, -0.2) is 40.6 Å². The fourth-order valence-electron chi connectivity index (χ4n) is 2.89. The maximum absolute atomic E-state index is 12.5. The lowest BCUT2D eigenvalue weighted by Crippen LogP contribution is -2.18. The zero-order valence-electron chi connectivity index (χ0n) is 16.7. The van der Waals surface area contributed by atoms with Gasteiger partial charge in [-0.05, 0) is 46.7 Å². The van der Waals surface area contributed by atoms with Crippen molar-refractivity contribution in [1.82, 2.24) is 5.43 Å². The number of nitrogens with zero attached hydrogens (tertiary/aromatic N) is 1. The van der Waals surface area contributed by atoms with Crippen molar-refractivity contribution < 1.29 is 23.7 Å². The second kappa shape index (κ2) is 8.97. The number of nitrogens with one attached hydrogen (secondary N) is 1. The van der Waals surface area contributed by atoms with Crippen molar-refractivity contribution in [2.75, 3.05) is 28.4 Å². The number of carbonyl (C=O) groups excluding carboxylic acids is 1. The maximum Gasteiger partial charge on any atom is 0.271 e. The number of fused-ring (bicyclic) bond motifs is 1. The summed E-state index contributed by atoms with van der Waals surface area (Å²) in [5.74, 6) is 1.61. The third-order valence-electron chi connectivity index (χ3n) is 4.38. The lowest BCUT2D eigenvalue weighted by molar-refractivity contribution is 0.0954. The number of hydrogen-bond donors (Lipinski definition) is 1. The monoisotopic (exact) mass is 394 g/mol. The van der Waals surface area contributed by atoms with E-state index in [-0.39, 0.29) is 0 Å². The number of amides is 1. The van der Waals surface area contributed by atoms with Gasteiger partial charge in [-0.15, -0.1) is 0 Å². The Bertz CT molecular complexity index is 1040. The molecule has 29 heavy (non-hydrogen) atoms. The number of methoxy groups -OCH3 is 4. The third kappa shape index (κ3) is 4.40. The minimum atomic E-state index is -0.397. The van der Waals surface area contributed by atoms with E-state index in [0.29, 0.717) is 22.8 Å². The van der Waals surface area contributed by atoms with Gasteiger partial charge in [-0.3, -0.25) is 4.79 Å². The summed E-state index contributed by atoms with van der Waals surface area (Å²) >= 11 is 0. The van der Waals surface area contributed by atoms with E-state index in [2.05, 4.69) is 10.5 Å². The van der Waals surface area contributed by atoms with Crippen LogP contribution in [0.1, 0.15) is 15.9 Å². The predicted octanol–water partition coefficient (Wildman–Crippen LogP) is 3.64. The van der Waals surface area contributed by atoms with E-state index in [1.54, 1.807) is 25.5 Å². The first-order valence-electron chi connectivity index (χ1n) is 8.80. The Morgan fingerprint density at radius 3 is 2.10 bits per heavy atom. The van der Waals surface area contributed by atoms with Crippen LogP contribution in [0.25, 0.3) is 10.8 Å². The Balaban J connectivity index is 1.76. The second-order valence-corrected chi connectivity index (χ2v) is 6.09. The van der Waals surface area contributed by atoms with E-state index in [1.807, 2.05) is 36.4 Å². The van der Waals surface area contributed by atoms with Crippen molar-refractivity contribution in [3.8, 4) is 23.0 Å². The second-order valence-electron chi connectivity index (χ2n) is 6.09. The molecule has 3 rings (SSSR count). The minimum Gasteiger partial charge on any atom is -0.497 e. The molecule has 0 radical (unpaired) electrons. The van der Waals surface area contributed by atoms with Crippen molar-refractivity contribution in [3.63, 3.8) is 0 Å². The van der Waals surface area contributed by atoms with Gasteiger partial charge in [0.2, 0.25) is 5.75 Å². The zero-order valence-corrected chi connectivity index (χ0v) is 16.7. The van der Waals surface area contributed by atoms with Crippen molar-refractivity contribution in [2.24, 2.45) is 5.10 Å². The molecule has 0 aliphatic heterocycles. The average Bonchev–Trinajstić information content (AvgIpc) is 2.77. The van der Waals surface area contributed by atoms with Crippen LogP contribution in [0.3, 0.4) is 0 Å². The Morgan fingerprint density at radius 2 is 1.48 bits per heavy atom. The normalized spacial score (nSPS) is 10.8. The summed E-state index contributed by atoms with van der Waals surface area (Å²) in [4.78, 5) is 12.5. The minimum absolute atomic E-state index is 0.335. The summed E-state index contributed by atoms with van der Waals surface area (Å²) in [5, 5.41) is 6.16. The largest absolute Gasteiger partial charge is 0.497 e. The molecular formula is C22H22N2O5. The number of rotatable bonds is 7. The molecule has 3 aromatic rings. The third-order valence-corrected chi connectivity index (χ3v) is 4.38. The van der Waals surface area contributed by atoms with Crippen molar-refractivity contribution in [3.05, 3.63) is 59.7 Å². The van der Waals surface area contributed by atoms with Crippen LogP contribution >= 0.6 is 0 Å². The fourth-order valence-corrected chi connectivity index (χ4v) is 2.89. The van der Waals surface area contributed by atoms with E-state index >= 15 is 0 Å². The van der Waals surface area contributed by atoms with Gasteiger partial charge >= 0.3 is 0 Å². The lowest BCUT2D eigenvalue weighted by atomic mass is 10.1. The highest BCUT2D eigenvalue weighted by Crippen LogP contribution is 2.38. The molecule has 0 atom stereocenters. The van der Waals surface area contributed by atoms with Gasteiger partial charge in [-0.2, -0.15) is 5.10 Å². The van der Waals surface area contributed by atoms with Crippen LogP contribution in [-0.2, 0) is 0 Å². The smallest absolute Gasteiger partial charge is 0.271 e. The highest BCUT2D eigenvalue weighted by molar-refractivity contribution is 5.97. The standard InChI is InChI=1S/C22H22N2O5/c1-26-18-8-7-15-9-14(5-6-16(15)10-18)13-23-24-22(25)17-11-19(27-2)21(29-4)20(12-17)28-3/h5-13H,1-4H3,(H,24,25)/b23-13-. The topological polar surface area (TPSA) is 78.4 Å². The number of hydrogen-bond acceptors (Lipinski definition) is 6.